The molecular weight excluding hydrogens is 495 g/mol. The summed E-state index contributed by atoms with van der Waals surface area (Å²) < 4.78 is 143. The van der Waals surface area contributed by atoms with Crippen LogP contribution in [0.25, 0.3) is 0 Å². The second kappa shape index (κ2) is 13.3. The number of halogens is 14. The molecule has 0 aromatic carbocycles. The molecule has 2 aliphatic rings. The zero-order chi connectivity index (χ0) is 26.9. The van der Waals surface area contributed by atoms with Crippen LogP contribution in [0.15, 0.2) is 0 Å². The van der Waals surface area contributed by atoms with Crippen molar-refractivity contribution in [1.82, 2.24) is 9.80 Å². The zero-order valence-corrected chi connectivity index (χ0v) is 18.2. The Labute approximate surface area is 183 Å². The molecule has 0 bridgehead atoms. The lowest BCUT2D eigenvalue weighted by Crippen LogP contribution is -2.57. The summed E-state index contributed by atoms with van der Waals surface area (Å²) in [6.07, 6.45) is 1.50. The molecule has 1 saturated carbocycles. The first-order valence-corrected chi connectivity index (χ1v) is 9.74. The van der Waals surface area contributed by atoms with Crippen molar-refractivity contribution in [2.75, 3.05) is 33.2 Å². The standard InChI is InChI=1S/C14H26F2N2.3BF4/c1-13(2,18-10-8-17(3)9-11-18)12-4-6-14(15,16)7-5-12;3*2-1(3,4)5/h12H,4-11H2,1-3H3;;;/q;3*-1. The van der Waals surface area contributed by atoms with Crippen LogP contribution in [0.4, 0.5) is 60.6 Å². The molecule has 2 nitrogen and oxygen atoms in total. The van der Waals surface area contributed by atoms with Gasteiger partial charge in [-0.3, -0.25) is 4.90 Å². The maximum absolute atomic E-state index is 13.2. The normalized spacial score (nSPS) is 21.0. The predicted octanol–water partition coefficient (Wildman–Crippen LogP) is 6.74. The topological polar surface area (TPSA) is 6.48 Å². The van der Waals surface area contributed by atoms with Gasteiger partial charge in [-0.15, -0.1) is 0 Å². The average Bonchev–Trinajstić information content (AvgIpc) is 2.50. The van der Waals surface area contributed by atoms with Crippen LogP contribution in [0.5, 0.6) is 0 Å². The van der Waals surface area contributed by atoms with Crippen LogP contribution in [0.3, 0.4) is 0 Å². The molecule has 202 valence electrons. The van der Waals surface area contributed by atoms with Crippen molar-refractivity contribution >= 4 is 21.8 Å². The van der Waals surface area contributed by atoms with Gasteiger partial charge in [0.15, 0.2) is 0 Å². The van der Waals surface area contributed by atoms with E-state index in [0.717, 1.165) is 26.2 Å². The van der Waals surface area contributed by atoms with Crippen LogP contribution in [-0.4, -0.2) is 76.3 Å². The van der Waals surface area contributed by atoms with E-state index in [-0.39, 0.29) is 18.4 Å². The van der Waals surface area contributed by atoms with E-state index in [2.05, 4.69) is 30.7 Å². The second-order valence-corrected chi connectivity index (χ2v) is 8.06. The summed E-state index contributed by atoms with van der Waals surface area (Å²) in [5, 5.41) is 0. The fraction of sp³-hybridized carbons (Fsp3) is 1.00. The lowest BCUT2D eigenvalue weighted by Gasteiger charge is -2.49. The van der Waals surface area contributed by atoms with E-state index in [9.17, 15) is 60.6 Å². The monoisotopic (exact) mass is 521 g/mol. The maximum Gasteiger partial charge on any atom is 0.673 e. The minimum Gasteiger partial charge on any atom is -0.418 e. The molecule has 1 aliphatic heterocycles. The Morgan fingerprint density at radius 1 is 0.636 bits per heavy atom. The van der Waals surface area contributed by atoms with Crippen molar-refractivity contribution in [3.63, 3.8) is 0 Å². The number of alkyl halides is 2. The Bertz CT molecular complexity index is 474. The van der Waals surface area contributed by atoms with Gasteiger partial charge in [0.1, 0.15) is 0 Å². The summed E-state index contributed by atoms with van der Waals surface area (Å²) >= 11 is 0. The van der Waals surface area contributed by atoms with E-state index in [0.29, 0.717) is 18.8 Å². The summed E-state index contributed by atoms with van der Waals surface area (Å²) in [6.45, 7) is 8.80. The van der Waals surface area contributed by atoms with E-state index in [4.69, 9.17) is 0 Å². The molecule has 0 aromatic rings. The fourth-order valence-corrected chi connectivity index (χ4v) is 3.39. The Balaban J connectivity index is 0. The maximum atomic E-state index is 13.2. The summed E-state index contributed by atoms with van der Waals surface area (Å²) in [5.74, 6) is -1.99. The summed E-state index contributed by atoms with van der Waals surface area (Å²) in [6, 6.07) is 0. The molecule has 0 aromatic heterocycles. The molecule has 1 saturated heterocycles. The molecule has 33 heavy (non-hydrogen) atoms. The van der Waals surface area contributed by atoms with Gasteiger partial charge in [-0.25, -0.2) is 8.78 Å². The van der Waals surface area contributed by atoms with Crippen molar-refractivity contribution < 1.29 is 60.6 Å². The molecule has 1 aliphatic carbocycles. The van der Waals surface area contributed by atoms with Gasteiger partial charge in [0.25, 0.3) is 0 Å². The minimum absolute atomic E-state index is 0.0672. The fourth-order valence-electron chi connectivity index (χ4n) is 3.39. The minimum atomic E-state index is -6.00. The molecule has 0 unspecified atom stereocenters. The Morgan fingerprint density at radius 3 is 1.18 bits per heavy atom. The molecule has 0 radical (unpaired) electrons. The zero-order valence-electron chi connectivity index (χ0n) is 18.2. The first-order valence-electron chi connectivity index (χ1n) is 9.74. The van der Waals surface area contributed by atoms with E-state index in [1.54, 1.807) is 0 Å². The Kier molecular flexibility index (Phi) is 13.8. The number of hydrogen-bond acceptors (Lipinski definition) is 2. The molecule has 2 rings (SSSR count). The van der Waals surface area contributed by atoms with Crippen LogP contribution in [0, 0.1) is 5.92 Å². The van der Waals surface area contributed by atoms with Crippen LogP contribution in [-0.2, 0) is 0 Å². The number of piperazine rings is 1. The third-order valence-electron chi connectivity index (χ3n) is 5.03. The molecular formula is C14H26B3F14N2-3. The van der Waals surface area contributed by atoms with E-state index in [1.165, 1.54) is 0 Å². The number of nitrogens with zero attached hydrogens (tertiary/aromatic N) is 2. The molecule has 2 fully saturated rings. The average molecular weight is 521 g/mol. The molecule has 0 atom stereocenters. The van der Waals surface area contributed by atoms with Gasteiger partial charge in [0, 0.05) is 44.6 Å². The van der Waals surface area contributed by atoms with Crippen molar-refractivity contribution in [2.45, 2.75) is 51.0 Å². The third-order valence-corrected chi connectivity index (χ3v) is 5.03. The Morgan fingerprint density at radius 2 is 0.909 bits per heavy atom. The van der Waals surface area contributed by atoms with Gasteiger partial charge in [-0.2, -0.15) is 0 Å². The summed E-state index contributed by atoms with van der Waals surface area (Å²) in [5.41, 5.74) is 0.0672. The highest BCUT2D eigenvalue weighted by Crippen LogP contribution is 2.42. The molecule has 0 spiro atoms. The van der Waals surface area contributed by atoms with Gasteiger partial charge in [0.2, 0.25) is 5.92 Å². The molecule has 19 heteroatoms. The van der Waals surface area contributed by atoms with E-state index < -0.39 is 27.7 Å². The number of hydrogen-bond donors (Lipinski definition) is 0. The van der Waals surface area contributed by atoms with Crippen LogP contribution in [0.1, 0.15) is 39.5 Å². The van der Waals surface area contributed by atoms with Crippen molar-refractivity contribution in [1.29, 1.82) is 0 Å². The van der Waals surface area contributed by atoms with E-state index >= 15 is 0 Å². The van der Waals surface area contributed by atoms with Crippen LogP contribution < -0.4 is 0 Å². The van der Waals surface area contributed by atoms with Gasteiger partial charge in [-0.05, 0) is 39.7 Å². The van der Waals surface area contributed by atoms with Gasteiger partial charge in [-0.1, -0.05) is 0 Å². The van der Waals surface area contributed by atoms with Crippen molar-refractivity contribution in [3.8, 4) is 0 Å². The number of likely N-dealkylation sites (N-methyl/N-ethyl adjacent to an activating group) is 1. The van der Waals surface area contributed by atoms with Crippen molar-refractivity contribution in [2.24, 2.45) is 5.92 Å². The molecule has 0 N–H and O–H groups in total. The quantitative estimate of drug-likeness (QED) is 0.294. The van der Waals surface area contributed by atoms with Gasteiger partial charge >= 0.3 is 21.8 Å². The lowest BCUT2D eigenvalue weighted by atomic mass is 9.74. The summed E-state index contributed by atoms with van der Waals surface area (Å²) in [4.78, 5) is 4.84. The smallest absolute Gasteiger partial charge is 0.418 e. The lowest BCUT2D eigenvalue weighted by molar-refractivity contribution is -0.0732. The van der Waals surface area contributed by atoms with Crippen molar-refractivity contribution in [3.05, 3.63) is 0 Å². The summed E-state index contributed by atoms with van der Waals surface area (Å²) in [7, 11) is -15.9. The first-order chi connectivity index (χ1) is 14.3. The highest BCUT2D eigenvalue weighted by Gasteiger charge is 2.43. The largest absolute Gasteiger partial charge is 0.673 e. The third kappa shape index (κ3) is 24.1. The highest BCUT2D eigenvalue weighted by atomic mass is 19.5. The molecule has 1 heterocycles. The first kappa shape index (κ1) is 34.3. The second-order valence-electron chi connectivity index (χ2n) is 8.06. The highest BCUT2D eigenvalue weighted by molar-refractivity contribution is 6.50. The van der Waals surface area contributed by atoms with Gasteiger partial charge in [0.05, 0.1) is 0 Å². The van der Waals surface area contributed by atoms with Crippen LogP contribution in [0.2, 0.25) is 0 Å². The van der Waals surface area contributed by atoms with Gasteiger partial charge < -0.3 is 56.7 Å². The molecule has 0 amide bonds. The predicted molar refractivity (Wildman–Crippen MR) is 101 cm³/mol. The Hall–Kier alpha value is -0.865. The SMILES string of the molecule is CN1CCN(C(C)(C)C2CCC(F)(F)CC2)CC1.F[B-](F)(F)F.F[B-](F)(F)F.F[B-](F)(F)F. The van der Waals surface area contributed by atoms with E-state index in [1.807, 2.05) is 0 Å². The van der Waals surface area contributed by atoms with Crippen LogP contribution >= 0.6 is 0 Å². The number of rotatable bonds is 2.